The van der Waals surface area contributed by atoms with Crippen LogP contribution in [0.15, 0.2) is 42.7 Å². The second kappa shape index (κ2) is 13.6. The lowest BCUT2D eigenvalue weighted by molar-refractivity contribution is -0.128. The molecule has 7 rings (SSSR count). The zero-order chi connectivity index (χ0) is 32.4. The van der Waals surface area contributed by atoms with Gasteiger partial charge in [-0.25, -0.2) is 14.6 Å². The number of hydrogen-bond acceptors (Lipinski definition) is 7. The number of nitrogens with zero attached hydrogens (tertiary/aromatic N) is 4. The number of fused-ring (bicyclic) bond motifs is 2. The fourth-order valence-corrected chi connectivity index (χ4v) is 8.81. The maximum Gasteiger partial charge on any atom is 0.411 e. The van der Waals surface area contributed by atoms with Gasteiger partial charge in [0.25, 0.3) is 0 Å². The number of H-pyrrole nitrogens is 1. The number of aromatic nitrogens is 2. The summed E-state index contributed by atoms with van der Waals surface area (Å²) < 4.78 is 6.03. The van der Waals surface area contributed by atoms with E-state index in [2.05, 4.69) is 31.6 Å². The lowest BCUT2D eigenvalue weighted by Gasteiger charge is -2.56. The summed E-state index contributed by atoms with van der Waals surface area (Å²) in [6.45, 7) is 6.89. The van der Waals surface area contributed by atoms with Crippen LogP contribution in [0, 0.1) is 18.8 Å². The zero-order valence-electron chi connectivity index (χ0n) is 27.4. The molecule has 3 amide bonds. The summed E-state index contributed by atoms with van der Waals surface area (Å²) in [7, 11) is 0. The van der Waals surface area contributed by atoms with Crippen molar-refractivity contribution in [1.82, 2.24) is 30.0 Å². The Bertz CT molecular complexity index is 1590. The number of aryl methyl sites for hydroxylation is 1. The Labute approximate surface area is 276 Å². The average Bonchev–Trinajstić information content (AvgIpc) is 3.51. The van der Waals surface area contributed by atoms with Crippen molar-refractivity contribution in [2.45, 2.75) is 76.6 Å². The molecule has 11 heteroatoms. The van der Waals surface area contributed by atoms with Crippen LogP contribution in [0.4, 0.5) is 15.3 Å². The van der Waals surface area contributed by atoms with Crippen molar-refractivity contribution in [2.24, 2.45) is 11.8 Å². The van der Waals surface area contributed by atoms with Crippen LogP contribution < -0.4 is 10.6 Å². The number of para-hydroxylation sites is 1. The third kappa shape index (κ3) is 6.35. The van der Waals surface area contributed by atoms with Gasteiger partial charge in [-0.2, -0.15) is 0 Å². The monoisotopic (exact) mass is 641 g/mol. The predicted molar refractivity (Wildman–Crippen MR) is 180 cm³/mol. The maximum absolute atomic E-state index is 14.1. The molecule has 5 heterocycles. The highest BCUT2D eigenvalue weighted by Crippen LogP contribution is 2.41. The highest BCUT2D eigenvalue weighted by Gasteiger charge is 2.52. The molecule has 250 valence electrons. The number of piperidine rings is 3. The van der Waals surface area contributed by atoms with Crippen LogP contribution in [0.2, 0.25) is 0 Å². The maximum atomic E-state index is 14.1. The number of ether oxygens (including phenoxy) is 1. The van der Waals surface area contributed by atoms with E-state index in [1.54, 1.807) is 6.33 Å². The number of nitrogens with one attached hydrogen (secondary N) is 3. The number of rotatable bonds is 7. The highest BCUT2D eigenvalue weighted by atomic mass is 16.6. The van der Waals surface area contributed by atoms with Crippen molar-refractivity contribution >= 4 is 35.1 Å². The number of likely N-dealkylation sites (tertiary alicyclic amines) is 2. The third-order valence-electron chi connectivity index (χ3n) is 11.3. The molecule has 4 aliphatic rings. The first-order valence-electron chi connectivity index (χ1n) is 17.4. The lowest BCUT2D eigenvalue weighted by atomic mass is 9.77. The van der Waals surface area contributed by atoms with E-state index in [0.717, 1.165) is 91.1 Å². The number of urea groups is 1. The van der Waals surface area contributed by atoms with Gasteiger partial charge in [0.1, 0.15) is 18.6 Å². The van der Waals surface area contributed by atoms with Gasteiger partial charge in [-0.3, -0.25) is 9.80 Å². The fourth-order valence-electron chi connectivity index (χ4n) is 8.81. The summed E-state index contributed by atoms with van der Waals surface area (Å²) in [5.74, 6) is 1.37. The van der Waals surface area contributed by atoms with Gasteiger partial charge in [0, 0.05) is 50.7 Å². The van der Waals surface area contributed by atoms with Gasteiger partial charge in [-0.05, 0) is 99.2 Å². The molecule has 0 unspecified atom stereocenters. The Balaban J connectivity index is 1.13. The lowest BCUT2D eigenvalue weighted by Crippen LogP contribution is -2.69. The van der Waals surface area contributed by atoms with Gasteiger partial charge in [0.05, 0.1) is 17.4 Å². The van der Waals surface area contributed by atoms with E-state index < -0.39 is 11.8 Å². The SMILES string of the molecule is Cc1cc(COC(=O)N2CC[C@@H](N3CCc4ccccc4NC3=O)C[C@@]2(CC=O)N2CCC(C3CCNCC3)CC2)cc2[nH]cnc12. The number of aldehydes is 1. The van der Waals surface area contributed by atoms with Crippen molar-refractivity contribution in [2.75, 3.05) is 44.6 Å². The Hall–Kier alpha value is -3.96. The van der Waals surface area contributed by atoms with Crippen molar-refractivity contribution in [3.63, 3.8) is 0 Å². The summed E-state index contributed by atoms with van der Waals surface area (Å²) in [6, 6.07) is 11.7. The van der Waals surface area contributed by atoms with E-state index in [4.69, 9.17) is 4.74 Å². The number of anilines is 1. The van der Waals surface area contributed by atoms with E-state index >= 15 is 0 Å². The molecule has 0 bridgehead atoms. The van der Waals surface area contributed by atoms with Crippen molar-refractivity contribution in [1.29, 1.82) is 0 Å². The molecule has 2 aromatic carbocycles. The largest absolute Gasteiger partial charge is 0.444 e. The van der Waals surface area contributed by atoms with Gasteiger partial charge < -0.3 is 30.0 Å². The predicted octanol–water partition coefficient (Wildman–Crippen LogP) is 5.06. The van der Waals surface area contributed by atoms with Crippen LogP contribution in [0.3, 0.4) is 0 Å². The van der Waals surface area contributed by atoms with E-state index in [-0.39, 0.29) is 25.1 Å². The minimum absolute atomic E-state index is 0.120. The van der Waals surface area contributed by atoms with Gasteiger partial charge in [0.15, 0.2) is 0 Å². The highest BCUT2D eigenvalue weighted by molar-refractivity contribution is 5.91. The van der Waals surface area contributed by atoms with Crippen LogP contribution in [0.25, 0.3) is 11.0 Å². The van der Waals surface area contributed by atoms with E-state index in [1.807, 2.05) is 47.1 Å². The molecule has 3 saturated heterocycles. The normalized spacial score (nSPS) is 24.9. The molecule has 0 spiro atoms. The van der Waals surface area contributed by atoms with Crippen LogP contribution in [-0.4, -0.2) is 94.1 Å². The minimum atomic E-state index is -0.872. The molecule has 11 nitrogen and oxygen atoms in total. The standard InChI is InChI=1S/C36H47N7O4/c1-25-20-26(21-32-33(25)39-24-38-32)23-47-35(46)43-18-11-30(42-17-10-29-4-2-3-5-31(29)40-34(42)45)22-36(43,12-19-44)41-15-8-28(9-16-41)27-6-13-37-14-7-27/h2-5,19-21,24,27-28,30,37H,6-18,22-23H2,1H3,(H,38,39)(H,40,45)/t30-,36+/m1/s1. The summed E-state index contributed by atoms with van der Waals surface area (Å²) in [4.78, 5) is 53.9. The first kappa shape index (κ1) is 31.6. The van der Waals surface area contributed by atoms with Crippen molar-refractivity contribution in [3.8, 4) is 0 Å². The van der Waals surface area contributed by atoms with Gasteiger partial charge in [-0.15, -0.1) is 0 Å². The first-order chi connectivity index (χ1) is 22.9. The second-order valence-corrected chi connectivity index (χ2v) is 13.9. The van der Waals surface area contributed by atoms with E-state index in [1.165, 1.54) is 12.8 Å². The molecule has 0 radical (unpaired) electrons. The molecule has 3 fully saturated rings. The van der Waals surface area contributed by atoms with Gasteiger partial charge in [-0.1, -0.05) is 24.3 Å². The summed E-state index contributed by atoms with van der Waals surface area (Å²) >= 11 is 0. The summed E-state index contributed by atoms with van der Waals surface area (Å²) in [6.07, 6.45) is 8.75. The minimum Gasteiger partial charge on any atom is -0.444 e. The number of imidazole rings is 1. The third-order valence-corrected chi connectivity index (χ3v) is 11.3. The number of hydrogen-bond donors (Lipinski definition) is 3. The molecule has 1 aromatic heterocycles. The topological polar surface area (TPSA) is 123 Å². The molecule has 3 aromatic rings. The summed E-state index contributed by atoms with van der Waals surface area (Å²) in [5, 5.41) is 6.61. The smallest absolute Gasteiger partial charge is 0.411 e. The first-order valence-corrected chi connectivity index (χ1v) is 17.4. The Morgan fingerprint density at radius 1 is 1.04 bits per heavy atom. The van der Waals surface area contributed by atoms with Crippen LogP contribution >= 0.6 is 0 Å². The number of carbonyl (C=O) groups excluding carboxylic acids is 3. The number of aromatic amines is 1. The van der Waals surface area contributed by atoms with E-state index in [0.29, 0.717) is 31.8 Å². The van der Waals surface area contributed by atoms with E-state index in [9.17, 15) is 14.4 Å². The zero-order valence-corrected chi connectivity index (χ0v) is 27.4. The average molecular weight is 642 g/mol. The number of carbonyl (C=O) groups is 3. The number of amides is 3. The molecule has 2 atom stereocenters. The summed E-state index contributed by atoms with van der Waals surface area (Å²) in [5.41, 5.74) is 4.80. The second-order valence-electron chi connectivity index (χ2n) is 13.9. The molecule has 4 aliphatic heterocycles. The van der Waals surface area contributed by atoms with Gasteiger partial charge >= 0.3 is 12.1 Å². The molecule has 0 aliphatic carbocycles. The molecule has 47 heavy (non-hydrogen) atoms. The number of benzene rings is 2. The molecular weight excluding hydrogens is 594 g/mol. The quantitative estimate of drug-likeness (QED) is 0.308. The Kier molecular flexibility index (Phi) is 9.18. The van der Waals surface area contributed by atoms with Crippen molar-refractivity contribution < 1.29 is 19.1 Å². The van der Waals surface area contributed by atoms with Gasteiger partial charge in [0.2, 0.25) is 0 Å². The molecule has 0 saturated carbocycles. The molecule has 3 N–H and O–H groups in total. The van der Waals surface area contributed by atoms with Crippen LogP contribution in [0.5, 0.6) is 0 Å². The Morgan fingerprint density at radius 2 is 1.83 bits per heavy atom. The van der Waals surface area contributed by atoms with Crippen LogP contribution in [-0.2, 0) is 22.6 Å². The van der Waals surface area contributed by atoms with Crippen LogP contribution in [0.1, 0.15) is 61.6 Å². The fraction of sp³-hybridized carbons (Fsp3) is 0.556. The van der Waals surface area contributed by atoms with Crippen molar-refractivity contribution in [3.05, 3.63) is 59.4 Å². The Morgan fingerprint density at radius 3 is 2.64 bits per heavy atom. The molecular formula is C36H47N7O4.